The summed E-state index contributed by atoms with van der Waals surface area (Å²) in [6.45, 7) is 3.73. The third kappa shape index (κ3) is 3.09. The molecular weight excluding hydrogens is 278 g/mol. The number of pyridine rings is 2. The van der Waals surface area contributed by atoms with E-state index in [1.54, 1.807) is 6.07 Å². The molecule has 0 bridgehead atoms. The van der Waals surface area contributed by atoms with Crippen LogP contribution in [0.3, 0.4) is 0 Å². The summed E-state index contributed by atoms with van der Waals surface area (Å²) < 4.78 is 4.75. The standard InChI is InChI=1S/C17H21N3O2/c1-11-16-14(7-15(20-11)17(21)22-2)6-13(10-19-16)9-18-8-12-4-3-5-12/h6-7,10,12,18H,3-5,8-9H2,1-2H3. The first-order valence-electron chi connectivity index (χ1n) is 7.72. The molecule has 3 rings (SSSR count). The number of ether oxygens (including phenoxy) is 1. The van der Waals surface area contributed by atoms with Gasteiger partial charge in [-0.1, -0.05) is 6.42 Å². The van der Waals surface area contributed by atoms with Gasteiger partial charge in [0, 0.05) is 18.1 Å². The molecule has 0 aromatic carbocycles. The fourth-order valence-corrected chi connectivity index (χ4v) is 2.78. The molecule has 0 amide bonds. The second-order valence-corrected chi connectivity index (χ2v) is 5.93. The Morgan fingerprint density at radius 3 is 2.91 bits per heavy atom. The summed E-state index contributed by atoms with van der Waals surface area (Å²) >= 11 is 0. The number of rotatable bonds is 5. The van der Waals surface area contributed by atoms with Gasteiger partial charge < -0.3 is 10.1 Å². The fraction of sp³-hybridized carbons (Fsp3) is 0.471. The molecule has 1 fully saturated rings. The smallest absolute Gasteiger partial charge is 0.356 e. The number of carbonyl (C=O) groups is 1. The minimum atomic E-state index is -0.418. The highest BCUT2D eigenvalue weighted by atomic mass is 16.5. The molecule has 2 heterocycles. The number of aromatic nitrogens is 2. The minimum Gasteiger partial charge on any atom is -0.464 e. The van der Waals surface area contributed by atoms with Gasteiger partial charge in [0.25, 0.3) is 0 Å². The van der Waals surface area contributed by atoms with Gasteiger partial charge in [-0.2, -0.15) is 0 Å². The molecule has 116 valence electrons. The lowest BCUT2D eigenvalue weighted by Crippen LogP contribution is -2.26. The zero-order valence-corrected chi connectivity index (χ0v) is 13.1. The van der Waals surface area contributed by atoms with Crippen LogP contribution in [0.5, 0.6) is 0 Å². The van der Waals surface area contributed by atoms with Crippen molar-refractivity contribution in [1.82, 2.24) is 15.3 Å². The first kappa shape index (κ1) is 14.9. The molecule has 0 spiro atoms. The van der Waals surface area contributed by atoms with Crippen LogP contribution >= 0.6 is 0 Å². The van der Waals surface area contributed by atoms with Crippen molar-refractivity contribution in [2.24, 2.45) is 5.92 Å². The van der Waals surface area contributed by atoms with E-state index in [0.29, 0.717) is 5.69 Å². The second kappa shape index (κ2) is 6.40. The Labute approximate surface area is 130 Å². The Hall–Kier alpha value is -2.01. The summed E-state index contributed by atoms with van der Waals surface area (Å²) in [5.74, 6) is 0.421. The van der Waals surface area contributed by atoms with Gasteiger partial charge in [0.1, 0.15) is 5.69 Å². The summed E-state index contributed by atoms with van der Waals surface area (Å²) in [5.41, 5.74) is 3.02. The van der Waals surface area contributed by atoms with Gasteiger partial charge in [-0.15, -0.1) is 0 Å². The number of carbonyl (C=O) groups excluding carboxylic acids is 1. The lowest BCUT2D eigenvalue weighted by molar-refractivity contribution is 0.0594. The summed E-state index contributed by atoms with van der Waals surface area (Å²) in [6.07, 6.45) is 5.93. The Morgan fingerprint density at radius 1 is 1.41 bits per heavy atom. The zero-order chi connectivity index (χ0) is 15.5. The molecule has 22 heavy (non-hydrogen) atoms. The molecule has 2 aromatic heterocycles. The number of aryl methyl sites for hydroxylation is 1. The van der Waals surface area contributed by atoms with Crippen LogP contribution in [0, 0.1) is 12.8 Å². The van der Waals surface area contributed by atoms with Crippen LogP contribution in [0.2, 0.25) is 0 Å². The number of nitrogens with zero attached hydrogens (tertiary/aromatic N) is 2. The Bertz CT molecular complexity index is 696. The molecule has 2 aromatic rings. The highest BCUT2D eigenvalue weighted by molar-refractivity contribution is 5.93. The number of nitrogens with one attached hydrogen (secondary N) is 1. The molecule has 5 heteroatoms. The van der Waals surface area contributed by atoms with Crippen LogP contribution < -0.4 is 5.32 Å². The predicted molar refractivity (Wildman–Crippen MR) is 84.7 cm³/mol. The molecule has 0 atom stereocenters. The maximum Gasteiger partial charge on any atom is 0.356 e. The number of hydrogen-bond donors (Lipinski definition) is 1. The maximum absolute atomic E-state index is 11.7. The number of fused-ring (bicyclic) bond motifs is 1. The quantitative estimate of drug-likeness (QED) is 0.860. The van der Waals surface area contributed by atoms with Crippen molar-refractivity contribution in [3.63, 3.8) is 0 Å². The van der Waals surface area contributed by atoms with Crippen LogP contribution in [-0.4, -0.2) is 29.6 Å². The lowest BCUT2D eigenvalue weighted by Gasteiger charge is -2.25. The average molecular weight is 299 g/mol. The Balaban J connectivity index is 1.79. The molecule has 1 N–H and O–H groups in total. The summed E-state index contributed by atoms with van der Waals surface area (Å²) in [5, 5.41) is 4.41. The largest absolute Gasteiger partial charge is 0.464 e. The highest BCUT2D eigenvalue weighted by Crippen LogP contribution is 2.25. The number of methoxy groups -OCH3 is 1. The normalized spacial score (nSPS) is 14.8. The van der Waals surface area contributed by atoms with Crippen LogP contribution in [0.4, 0.5) is 0 Å². The first-order chi connectivity index (χ1) is 10.7. The van der Waals surface area contributed by atoms with E-state index in [4.69, 9.17) is 4.74 Å². The fourth-order valence-electron chi connectivity index (χ4n) is 2.78. The molecule has 0 unspecified atom stereocenters. The molecule has 1 aliphatic rings. The monoisotopic (exact) mass is 299 g/mol. The van der Waals surface area contributed by atoms with Crippen LogP contribution in [0.25, 0.3) is 10.9 Å². The summed E-state index contributed by atoms with van der Waals surface area (Å²) in [6, 6.07) is 3.81. The van der Waals surface area contributed by atoms with Gasteiger partial charge in [-0.05, 0) is 49.9 Å². The lowest BCUT2D eigenvalue weighted by atomic mass is 9.85. The van der Waals surface area contributed by atoms with Crippen molar-refractivity contribution in [1.29, 1.82) is 0 Å². The Morgan fingerprint density at radius 2 is 2.23 bits per heavy atom. The SMILES string of the molecule is COC(=O)c1cc2cc(CNCC3CCC3)cnc2c(C)n1. The van der Waals surface area contributed by atoms with Gasteiger partial charge in [0.05, 0.1) is 18.3 Å². The number of hydrogen-bond acceptors (Lipinski definition) is 5. The van der Waals surface area contributed by atoms with Crippen LogP contribution in [0.15, 0.2) is 18.3 Å². The molecular formula is C17H21N3O2. The van der Waals surface area contributed by atoms with Gasteiger partial charge in [-0.25, -0.2) is 9.78 Å². The minimum absolute atomic E-state index is 0.328. The van der Waals surface area contributed by atoms with Gasteiger partial charge in [-0.3, -0.25) is 4.98 Å². The van der Waals surface area contributed by atoms with E-state index in [1.165, 1.54) is 26.4 Å². The van der Waals surface area contributed by atoms with Crippen molar-refractivity contribution in [3.05, 3.63) is 35.3 Å². The third-order valence-corrected chi connectivity index (χ3v) is 4.28. The second-order valence-electron chi connectivity index (χ2n) is 5.93. The van der Waals surface area contributed by atoms with E-state index in [1.807, 2.05) is 13.1 Å². The molecule has 1 aliphatic carbocycles. The maximum atomic E-state index is 11.7. The van der Waals surface area contributed by atoms with Crippen molar-refractivity contribution < 1.29 is 9.53 Å². The highest BCUT2D eigenvalue weighted by Gasteiger charge is 2.16. The van der Waals surface area contributed by atoms with E-state index >= 15 is 0 Å². The summed E-state index contributed by atoms with van der Waals surface area (Å²) in [7, 11) is 1.36. The molecule has 0 saturated heterocycles. The first-order valence-corrected chi connectivity index (χ1v) is 7.72. The zero-order valence-electron chi connectivity index (χ0n) is 13.1. The molecule has 5 nitrogen and oxygen atoms in total. The van der Waals surface area contributed by atoms with Crippen LogP contribution in [0.1, 0.15) is 41.0 Å². The molecule has 1 saturated carbocycles. The molecule has 0 radical (unpaired) electrons. The number of esters is 1. The van der Waals surface area contributed by atoms with E-state index in [2.05, 4.69) is 21.4 Å². The van der Waals surface area contributed by atoms with Gasteiger partial charge >= 0.3 is 5.97 Å². The van der Waals surface area contributed by atoms with Gasteiger partial charge in [0.2, 0.25) is 0 Å². The van der Waals surface area contributed by atoms with Gasteiger partial charge in [0.15, 0.2) is 0 Å². The van der Waals surface area contributed by atoms with Crippen LogP contribution in [-0.2, 0) is 11.3 Å². The van der Waals surface area contributed by atoms with E-state index in [0.717, 1.165) is 41.2 Å². The average Bonchev–Trinajstić information content (AvgIpc) is 2.48. The predicted octanol–water partition coefficient (Wildman–Crippen LogP) is 2.61. The van der Waals surface area contributed by atoms with E-state index < -0.39 is 5.97 Å². The summed E-state index contributed by atoms with van der Waals surface area (Å²) in [4.78, 5) is 20.4. The van der Waals surface area contributed by atoms with E-state index in [-0.39, 0.29) is 0 Å². The van der Waals surface area contributed by atoms with Crippen molar-refractivity contribution in [3.8, 4) is 0 Å². The Kier molecular flexibility index (Phi) is 4.34. The van der Waals surface area contributed by atoms with E-state index in [9.17, 15) is 4.79 Å². The van der Waals surface area contributed by atoms with Crippen molar-refractivity contribution >= 4 is 16.9 Å². The van der Waals surface area contributed by atoms with Crippen molar-refractivity contribution in [2.45, 2.75) is 32.7 Å². The third-order valence-electron chi connectivity index (χ3n) is 4.28. The van der Waals surface area contributed by atoms with Crippen molar-refractivity contribution in [2.75, 3.05) is 13.7 Å². The molecule has 0 aliphatic heterocycles. The topological polar surface area (TPSA) is 64.1 Å².